The van der Waals surface area contributed by atoms with E-state index in [0.29, 0.717) is 6.04 Å². The van der Waals surface area contributed by atoms with Crippen molar-refractivity contribution in [3.63, 3.8) is 0 Å². The predicted octanol–water partition coefficient (Wildman–Crippen LogP) is 3.21. The highest BCUT2D eigenvalue weighted by molar-refractivity contribution is 5.46. The Kier molecular flexibility index (Phi) is 7.20. The van der Waals surface area contributed by atoms with E-state index in [9.17, 15) is 5.11 Å². The van der Waals surface area contributed by atoms with E-state index in [0.717, 1.165) is 25.8 Å². The van der Waals surface area contributed by atoms with Crippen LogP contribution >= 0.6 is 0 Å². The highest BCUT2D eigenvalue weighted by Gasteiger charge is 2.23. The molecule has 0 saturated carbocycles. The first-order valence-electron chi connectivity index (χ1n) is 8.09. The Labute approximate surface area is 130 Å². The summed E-state index contributed by atoms with van der Waals surface area (Å²) in [5.41, 5.74) is 2.46. The number of aryl methyl sites for hydroxylation is 1. The van der Waals surface area contributed by atoms with Crippen LogP contribution in [0.5, 0.6) is 0 Å². The number of aliphatic hydroxyl groups is 1. The Bertz CT molecular complexity index is 402. The molecule has 0 aromatic heterocycles. The van der Waals surface area contributed by atoms with Crippen molar-refractivity contribution in [2.75, 3.05) is 25.1 Å². The second-order valence-electron chi connectivity index (χ2n) is 6.56. The summed E-state index contributed by atoms with van der Waals surface area (Å²) in [7, 11) is 2.13. The SMILES string of the molecule is CCc1ccc(N(C)CCCC(C)(CO)NC(C)C)cc1. The van der Waals surface area contributed by atoms with Crippen molar-refractivity contribution in [3.8, 4) is 0 Å². The third-order valence-corrected chi connectivity index (χ3v) is 3.99. The van der Waals surface area contributed by atoms with Crippen LogP contribution in [0.15, 0.2) is 24.3 Å². The van der Waals surface area contributed by atoms with Crippen molar-refractivity contribution >= 4 is 5.69 Å². The largest absolute Gasteiger partial charge is 0.394 e. The maximum absolute atomic E-state index is 9.60. The van der Waals surface area contributed by atoms with Crippen molar-refractivity contribution in [2.45, 2.75) is 58.5 Å². The highest BCUT2D eigenvalue weighted by atomic mass is 16.3. The average molecular weight is 292 g/mol. The van der Waals surface area contributed by atoms with Crippen LogP contribution in [0.2, 0.25) is 0 Å². The van der Waals surface area contributed by atoms with E-state index < -0.39 is 0 Å². The number of anilines is 1. The summed E-state index contributed by atoms with van der Waals surface area (Å²) < 4.78 is 0. The van der Waals surface area contributed by atoms with Gasteiger partial charge in [0.25, 0.3) is 0 Å². The molecular formula is C18H32N2O. The van der Waals surface area contributed by atoms with Crippen LogP contribution in [0.25, 0.3) is 0 Å². The fourth-order valence-electron chi connectivity index (χ4n) is 2.72. The van der Waals surface area contributed by atoms with Crippen LogP contribution in [-0.2, 0) is 6.42 Å². The quantitative estimate of drug-likeness (QED) is 0.733. The lowest BCUT2D eigenvalue weighted by Crippen LogP contribution is -2.49. The normalized spacial score (nSPS) is 14.2. The molecule has 0 aliphatic carbocycles. The first kappa shape index (κ1) is 18.0. The van der Waals surface area contributed by atoms with Crippen molar-refractivity contribution in [2.24, 2.45) is 0 Å². The molecule has 0 amide bonds. The molecule has 21 heavy (non-hydrogen) atoms. The molecular weight excluding hydrogens is 260 g/mol. The number of hydrogen-bond acceptors (Lipinski definition) is 3. The molecule has 2 N–H and O–H groups in total. The second kappa shape index (κ2) is 8.40. The zero-order chi connectivity index (χ0) is 15.9. The highest BCUT2D eigenvalue weighted by Crippen LogP contribution is 2.17. The molecule has 1 aromatic rings. The number of nitrogens with one attached hydrogen (secondary N) is 1. The lowest BCUT2D eigenvalue weighted by Gasteiger charge is -2.32. The Hall–Kier alpha value is -1.06. The second-order valence-corrected chi connectivity index (χ2v) is 6.56. The Morgan fingerprint density at radius 1 is 1.24 bits per heavy atom. The summed E-state index contributed by atoms with van der Waals surface area (Å²) in [6, 6.07) is 9.17. The van der Waals surface area contributed by atoms with Gasteiger partial charge in [0.2, 0.25) is 0 Å². The molecule has 0 bridgehead atoms. The zero-order valence-electron chi connectivity index (χ0n) is 14.3. The molecule has 0 radical (unpaired) electrons. The molecule has 0 aliphatic rings. The number of nitrogens with zero attached hydrogens (tertiary/aromatic N) is 1. The lowest BCUT2D eigenvalue weighted by molar-refractivity contribution is 0.155. The maximum Gasteiger partial charge on any atom is 0.0610 e. The van der Waals surface area contributed by atoms with Gasteiger partial charge in [-0.3, -0.25) is 0 Å². The summed E-state index contributed by atoms with van der Waals surface area (Å²) in [5.74, 6) is 0. The predicted molar refractivity (Wildman–Crippen MR) is 92.1 cm³/mol. The summed E-state index contributed by atoms with van der Waals surface area (Å²) in [6.07, 6.45) is 3.11. The molecule has 0 spiro atoms. The molecule has 0 saturated heterocycles. The van der Waals surface area contributed by atoms with Gasteiger partial charge in [0, 0.05) is 30.9 Å². The van der Waals surface area contributed by atoms with Crippen molar-refractivity contribution in [3.05, 3.63) is 29.8 Å². The first-order valence-corrected chi connectivity index (χ1v) is 8.09. The van der Waals surface area contributed by atoms with Gasteiger partial charge in [0.05, 0.1) is 6.61 Å². The number of aliphatic hydroxyl groups excluding tert-OH is 1. The molecule has 1 aromatic carbocycles. The molecule has 0 heterocycles. The standard InChI is InChI=1S/C18H32N2O/c1-6-16-8-10-17(11-9-16)20(5)13-7-12-18(4,14-21)19-15(2)3/h8-11,15,19,21H,6-7,12-14H2,1-5H3. The van der Waals surface area contributed by atoms with E-state index in [1.807, 2.05) is 0 Å². The fraction of sp³-hybridized carbons (Fsp3) is 0.667. The number of hydrogen-bond donors (Lipinski definition) is 2. The minimum Gasteiger partial charge on any atom is -0.394 e. The van der Waals surface area contributed by atoms with E-state index in [1.54, 1.807) is 0 Å². The molecule has 1 atom stereocenters. The molecule has 3 heteroatoms. The molecule has 3 nitrogen and oxygen atoms in total. The van der Waals surface area contributed by atoms with Crippen LogP contribution in [0.1, 0.15) is 46.1 Å². The van der Waals surface area contributed by atoms with Crippen molar-refractivity contribution < 1.29 is 5.11 Å². The van der Waals surface area contributed by atoms with Crippen LogP contribution < -0.4 is 10.2 Å². The average Bonchev–Trinajstić information content (AvgIpc) is 2.46. The van der Waals surface area contributed by atoms with Gasteiger partial charge < -0.3 is 15.3 Å². The van der Waals surface area contributed by atoms with Gasteiger partial charge in [-0.05, 0) is 43.9 Å². The maximum atomic E-state index is 9.60. The Morgan fingerprint density at radius 2 is 1.86 bits per heavy atom. The Morgan fingerprint density at radius 3 is 2.33 bits per heavy atom. The van der Waals surface area contributed by atoms with Gasteiger partial charge in [0.1, 0.15) is 0 Å². The molecule has 120 valence electrons. The zero-order valence-corrected chi connectivity index (χ0v) is 14.3. The van der Waals surface area contributed by atoms with E-state index >= 15 is 0 Å². The lowest BCUT2D eigenvalue weighted by atomic mass is 9.95. The van der Waals surface area contributed by atoms with Gasteiger partial charge in [-0.1, -0.05) is 32.9 Å². The molecule has 1 rings (SSSR count). The van der Waals surface area contributed by atoms with Crippen molar-refractivity contribution in [1.29, 1.82) is 0 Å². The molecule has 1 unspecified atom stereocenters. The Balaban J connectivity index is 2.46. The molecule has 0 fully saturated rings. The van der Waals surface area contributed by atoms with Crippen LogP contribution in [0, 0.1) is 0 Å². The van der Waals surface area contributed by atoms with Crippen LogP contribution in [0.4, 0.5) is 5.69 Å². The van der Waals surface area contributed by atoms with Crippen molar-refractivity contribution in [1.82, 2.24) is 5.32 Å². The van der Waals surface area contributed by atoms with E-state index in [1.165, 1.54) is 11.3 Å². The van der Waals surface area contributed by atoms with Gasteiger partial charge in [-0.25, -0.2) is 0 Å². The van der Waals surface area contributed by atoms with Gasteiger partial charge in [-0.2, -0.15) is 0 Å². The van der Waals surface area contributed by atoms with E-state index in [4.69, 9.17) is 0 Å². The minimum absolute atomic E-state index is 0.179. The van der Waals surface area contributed by atoms with Gasteiger partial charge >= 0.3 is 0 Å². The number of rotatable bonds is 9. The van der Waals surface area contributed by atoms with Crippen LogP contribution in [0.3, 0.4) is 0 Å². The summed E-state index contributed by atoms with van der Waals surface area (Å²) in [6.45, 7) is 9.70. The summed E-state index contributed by atoms with van der Waals surface area (Å²) in [5, 5.41) is 13.1. The van der Waals surface area contributed by atoms with Crippen LogP contribution in [-0.4, -0.2) is 36.9 Å². The summed E-state index contributed by atoms with van der Waals surface area (Å²) in [4.78, 5) is 2.28. The smallest absolute Gasteiger partial charge is 0.0610 e. The third-order valence-electron chi connectivity index (χ3n) is 3.99. The topological polar surface area (TPSA) is 35.5 Å². The minimum atomic E-state index is -0.179. The third kappa shape index (κ3) is 6.06. The van der Waals surface area contributed by atoms with Gasteiger partial charge in [0.15, 0.2) is 0 Å². The molecule has 0 aliphatic heterocycles. The fourth-order valence-corrected chi connectivity index (χ4v) is 2.72. The first-order chi connectivity index (χ1) is 9.90. The summed E-state index contributed by atoms with van der Waals surface area (Å²) >= 11 is 0. The van der Waals surface area contributed by atoms with Gasteiger partial charge in [-0.15, -0.1) is 0 Å². The van der Waals surface area contributed by atoms with E-state index in [2.05, 4.69) is 69.2 Å². The van der Waals surface area contributed by atoms with E-state index in [-0.39, 0.29) is 12.1 Å². The monoisotopic (exact) mass is 292 g/mol. The number of benzene rings is 1.